The molecule has 0 aliphatic carbocycles. The number of nitrogens with zero attached hydrogens (tertiary/aromatic N) is 1. The van der Waals surface area contributed by atoms with Crippen molar-refractivity contribution in [1.29, 1.82) is 0 Å². The van der Waals surface area contributed by atoms with E-state index in [9.17, 15) is 10.2 Å². The van der Waals surface area contributed by atoms with Crippen LogP contribution >= 0.6 is 0 Å². The van der Waals surface area contributed by atoms with Crippen molar-refractivity contribution in [2.75, 3.05) is 19.6 Å². The van der Waals surface area contributed by atoms with Crippen molar-refractivity contribution >= 4 is 0 Å². The van der Waals surface area contributed by atoms with Crippen LogP contribution in [0.3, 0.4) is 0 Å². The van der Waals surface area contributed by atoms with Crippen molar-refractivity contribution in [2.45, 2.75) is 31.8 Å². The number of likely N-dealkylation sites (tertiary alicyclic amines) is 1. The van der Waals surface area contributed by atoms with Gasteiger partial charge in [0.2, 0.25) is 0 Å². The first-order chi connectivity index (χ1) is 8.27. The van der Waals surface area contributed by atoms with Gasteiger partial charge in [0.25, 0.3) is 0 Å². The van der Waals surface area contributed by atoms with E-state index in [0.717, 1.165) is 13.1 Å². The van der Waals surface area contributed by atoms with Crippen LogP contribution in [0, 0.1) is 0 Å². The normalized spacial score (nSPS) is 19.8. The highest BCUT2D eigenvalue weighted by atomic mass is 16.3. The van der Waals surface area contributed by atoms with E-state index in [1.165, 1.54) is 25.7 Å². The second-order valence-electron chi connectivity index (χ2n) is 4.79. The molecule has 1 aromatic carbocycles. The molecule has 1 aromatic rings. The van der Waals surface area contributed by atoms with Gasteiger partial charge in [-0.05, 0) is 32.0 Å². The molecule has 3 heteroatoms. The van der Waals surface area contributed by atoms with Crippen molar-refractivity contribution in [1.82, 2.24) is 4.90 Å². The van der Waals surface area contributed by atoms with Crippen LogP contribution in [0.1, 0.15) is 37.4 Å². The largest absolute Gasteiger partial charge is 0.508 e. The molecule has 1 aliphatic rings. The Balaban J connectivity index is 1.96. The Labute approximate surface area is 103 Å². The molecule has 0 bridgehead atoms. The zero-order valence-electron chi connectivity index (χ0n) is 10.2. The summed E-state index contributed by atoms with van der Waals surface area (Å²) in [5.74, 6) is 0.190. The number of hydrogen-bond donors (Lipinski definition) is 2. The van der Waals surface area contributed by atoms with Crippen molar-refractivity contribution < 1.29 is 10.2 Å². The molecule has 0 saturated carbocycles. The fourth-order valence-electron chi connectivity index (χ4n) is 2.43. The summed E-state index contributed by atoms with van der Waals surface area (Å²) in [4.78, 5) is 2.30. The summed E-state index contributed by atoms with van der Waals surface area (Å²) < 4.78 is 0. The minimum Gasteiger partial charge on any atom is -0.508 e. The quantitative estimate of drug-likeness (QED) is 0.845. The highest BCUT2D eigenvalue weighted by molar-refractivity contribution is 5.33. The molecule has 1 saturated heterocycles. The van der Waals surface area contributed by atoms with Crippen LogP contribution in [-0.4, -0.2) is 34.7 Å². The number of para-hydroxylation sites is 1. The SMILES string of the molecule is Oc1ccccc1C(O)CN1CCCCCC1. The molecular weight excluding hydrogens is 214 g/mol. The number of rotatable bonds is 3. The third-order valence-electron chi connectivity index (χ3n) is 3.43. The summed E-state index contributed by atoms with van der Waals surface area (Å²) >= 11 is 0. The van der Waals surface area contributed by atoms with Gasteiger partial charge >= 0.3 is 0 Å². The van der Waals surface area contributed by atoms with E-state index in [1.54, 1.807) is 18.2 Å². The number of β-amino-alcohol motifs (C(OH)–C–C–N with tert-alkyl or cyclic N) is 1. The average molecular weight is 235 g/mol. The Morgan fingerprint density at radius 3 is 2.35 bits per heavy atom. The van der Waals surface area contributed by atoms with Gasteiger partial charge in [0.1, 0.15) is 5.75 Å². The van der Waals surface area contributed by atoms with Crippen LogP contribution in [-0.2, 0) is 0 Å². The smallest absolute Gasteiger partial charge is 0.121 e. The standard InChI is InChI=1S/C14H21NO2/c16-13-8-4-3-7-12(13)14(17)11-15-9-5-1-2-6-10-15/h3-4,7-8,14,16-17H,1-2,5-6,9-11H2. The molecule has 2 N–H and O–H groups in total. The number of phenolic OH excluding ortho intramolecular Hbond substituents is 1. The Kier molecular flexibility index (Phi) is 4.40. The summed E-state index contributed by atoms with van der Waals surface area (Å²) in [6.45, 7) is 2.74. The zero-order chi connectivity index (χ0) is 12.1. The highest BCUT2D eigenvalue weighted by Gasteiger charge is 2.17. The molecule has 0 radical (unpaired) electrons. The second kappa shape index (κ2) is 6.03. The number of aliphatic hydroxyl groups excluding tert-OH is 1. The van der Waals surface area contributed by atoms with Gasteiger partial charge in [0, 0.05) is 12.1 Å². The number of aliphatic hydroxyl groups is 1. The average Bonchev–Trinajstić information content (AvgIpc) is 2.58. The van der Waals surface area contributed by atoms with E-state index in [-0.39, 0.29) is 5.75 Å². The molecule has 1 aliphatic heterocycles. The van der Waals surface area contributed by atoms with E-state index in [2.05, 4.69) is 4.90 Å². The second-order valence-corrected chi connectivity index (χ2v) is 4.79. The van der Waals surface area contributed by atoms with Crippen LogP contribution < -0.4 is 0 Å². The number of hydrogen-bond acceptors (Lipinski definition) is 3. The van der Waals surface area contributed by atoms with Gasteiger partial charge in [-0.25, -0.2) is 0 Å². The highest BCUT2D eigenvalue weighted by Crippen LogP contribution is 2.24. The predicted molar refractivity (Wildman–Crippen MR) is 68.0 cm³/mol. The van der Waals surface area contributed by atoms with E-state index in [0.29, 0.717) is 12.1 Å². The lowest BCUT2D eigenvalue weighted by Crippen LogP contribution is -2.29. The summed E-state index contributed by atoms with van der Waals surface area (Å²) in [6, 6.07) is 7.04. The molecule has 1 heterocycles. The fourth-order valence-corrected chi connectivity index (χ4v) is 2.43. The first-order valence-electron chi connectivity index (χ1n) is 6.45. The number of aromatic hydroxyl groups is 1. The van der Waals surface area contributed by atoms with Crippen molar-refractivity contribution in [3.8, 4) is 5.75 Å². The van der Waals surface area contributed by atoms with Crippen LogP contribution in [0.25, 0.3) is 0 Å². The lowest BCUT2D eigenvalue weighted by molar-refractivity contribution is 0.113. The molecule has 3 nitrogen and oxygen atoms in total. The van der Waals surface area contributed by atoms with Crippen LogP contribution in [0.15, 0.2) is 24.3 Å². The lowest BCUT2D eigenvalue weighted by atomic mass is 10.1. The molecular formula is C14H21NO2. The Hall–Kier alpha value is -1.06. The minimum atomic E-state index is -0.589. The van der Waals surface area contributed by atoms with E-state index in [1.807, 2.05) is 6.07 Å². The van der Waals surface area contributed by atoms with Gasteiger partial charge in [-0.3, -0.25) is 0 Å². The summed E-state index contributed by atoms with van der Waals surface area (Å²) in [7, 11) is 0. The van der Waals surface area contributed by atoms with Crippen molar-refractivity contribution in [3.63, 3.8) is 0 Å². The number of phenols is 1. The molecule has 17 heavy (non-hydrogen) atoms. The summed E-state index contributed by atoms with van der Waals surface area (Å²) in [5.41, 5.74) is 0.636. The molecule has 0 aromatic heterocycles. The molecule has 2 rings (SSSR count). The first-order valence-corrected chi connectivity index (χ1v) is 6.45. The van der Waals surface area contributed by atoms with Crippen LogP contribution in [0.5, 0.6) is 5.75 Å². The maximum absolute atomic E-state index is 10.1. The van der Waals surface area contributed by atoms with Crippen LogP contribution in [0.4, 0.5) is 0 Å². The molecule has 1 atom stereocenters. The molecule has 0 amide bonds. The maximum atomic E-state index is 10.1. The predicted octanol–water partition coefficient (Wildman–Crippen LogP) is 2.30. The third-order valence-corrected chi connectivity index (χ3v) is 3.43. The van der Waals surface area contributed by atoms with Crippen LogP contribution in [0.2, 0.25) is 0 Å². The molecule has 94 valence electrons. The Morgan fingerprint density at radius 2 is 1.71 bits per heavy atom. The topological polar surface area (TPSA) is 43.7 Å². The molecule has 1 unspecified atom stereocenters. The van der Waals surface area contributed by atoms with E-state index >= 15 is 0 Å². The number of benzene rings is 1. The monoisotopic (exact) mass is 235 g/mol. The van der Waals surface area contributed by atoms with Gasteiger partial charge in [-0.2, -0.15) is 0 Å². The summed E-state index contributed by atoms with van der Waals surface area (Å²) in [5, 5.41) is 19.8. The molecule has 0 spiro atoms. The molecule has 1 fully saturated rings. The van der Waals surface area contributed by atoms with Gasteiger partial charge < -0.3 is 15.1 Å². The lowest BCUT2D eigenvalue weighted by Gasteiger charge is -2.23. The Morgan fingerprint density at radius 1 is 1.06 bits per heavy atom. The maximum Gasteiger partial charge on any atom is 0.121 e. The third kappa shape index (κ3) is 3.45. The van der Waals surface area contributed by atoms with Gasteiger partial charge in [0.05, 0.1) is 6.10 Å². The minimum absolute atomic E-state index is 0.190. The summed E-state index contributed by atoms with van der Waals surface area (Å²) in [6.07, 6.45) is 4.43. The van der Waals surface area contributed by atoms with Gasteiger partial charge in [-0.15, -0.1) is 0 Å². The van der Waals surface area contributed by atoms with E-state index < -0.39 is 6.10 Å². The van der Waals surface area contributed by atoms with Crippen molar-refractivity contribution in [2.24, 2.45) is 0 Å². The fraction of sp³-hybridized carbons (Fsp3) is 0.571. The Bertz CT molecular complexity index is 346. The zero-order valence-corrected chi connectivity index (χ0v) is 10.2. The van der Waals surface area contributed by atoms with E-state index in [4.69, 9.17) is 0 Å². The van der Waals surface area contributed by atoms with Crippen molar-refractivity contribution in [3.05, 3.63) is 29.8 Å². The van der Waals surface area contributed by atoms with Gasteiger partial charge in [0.15, 0.2) is 0 Å². The first kappa shape index (κ1) is 12.4. The van der Waals surface area contributed by atoms with Gasteiger partial charge in [-0.1, -0.05) is 31.0 Å².